The number of nitrogens with two attached hydrogens (primary N) is 1. The summed E-state index contributed by atoms with van der Waals surface area (Å²) in [5.74, 6) is -1.02. The highest BCUT2D eigenvalue weighted by Crippen LogP contribution is 2.28. The summed E-state index contributed by atoms with van der Waals surface area (Å²) in [7, 11) is 0. The van der Waals surface area contributed by atoms with Crippen LogP contribution in [0.5, 0.6) is 0 Å². The largest absolute Gasteiger partial charge is 0.348 e. The molecule has 1 atom stereocenters. The van der Waals surface area contributed by atoms with Crippen LogP contribution in [0.25, 0.3) is 0 Å². The maximum atomic E-state index is 13.1. The Kier molecular flexibility index (Phi) is 4.85. The molecule has 114 valence electrons. The molecule has 1 amide bonds. The van der Waals surface area contributed by atoms with E-state index in [0.717, 1.165) is 43.9 Å². The monoisotopic (exact) mass is 295 g/mol. The van der Waals surface area contributed by atoms with E-state index in [0.29, 0.717) is 5.92 Å². The van der Waals surface area contributed by atoms with E-state index in [1.807, 2.05) is 0 Å². The number of amides is 1. The van der Waals surface area contributed by atoms with Crippen molar-refractivity contribution in [1.82, 2.24) is 5.32 Å². The minimum absolute atomic E-state index is 0.141. The van der Waals surface area contributed by atoms with E-state index in [1.165, 1.54) is 0 Å². The lowest BCUT2D eigenvalue weighted by Crippen LogP contribution is -2.44. The molecule has 1 aliphatic carbocycles. The molecule has 21 heavy (non-hydrogen) atoms. The minimum Gasteiger partial charge on any atom is -0.348 e. The Morgan fingerprint density at radius 2 is 2.14 bits per heavy atom. The zero-order valence-corrected chi connectivity index (χ0v) is 11.5. The second-order valence-electron chi connectivity index (χ2n) is 5.28. The molecular weight excluding hydrogens is 277 g/mol. The predicted molar refractivity (Wildman–Crippen MR) is 75.3 cm³/mol. The van der Waals surface area contributed by atoms with Gasteiger partial charge in [0.15, 0.2) is 0 Å². The molecule has 3 N–H and O–H groups in total. The molecule has 1 unspecified atom stereocenters. The number of nitro benzene ring substituents is 1. The van der Waals surface area contributed by atoms with Crippen LogP contribution in [0.1, 0.15) is 36.0 Å². The van der Waals surface area contributed by atoms with Gasteiger partial charge in [0.05, 0.1) is 11.0 Å². The third-order valence-corrected chi connectivity index (χ3v) is 3.94. The van der Waals surface area contributed by atoms with E-state index in [-0.39, 0.29) is 18.2 Å². The number of nitro groups is 1. The molecule has 1 aromatic carbocycles. The van der Waals surface area contributed by atoms with Crippen molar-refractivity contribution < 1.29 is 14.1 Å². The molecular formula is C14H18FN3O3. The number of hydrogen-bond donors (Lipinski definition) is 2. The number of nitrogens with one attached hydrogen (secondary N) is 1. The van der Waals surface area contributed by atoms with Crippen LogP contribution in [-0.4, -0.2) is 23.4 Å². The first-order valence-electron chi connectivity index (χ1n) is 6.97. The van der Waals surface area contributed by atoms with Crippen LogP contribution < -0.4 is 11.1 Å². The van der Waals surface area contributed by atoms with Crippen molar-refractivity contribution in [1.29, 1.82) is 0 Å². The molecule has 0 saturated heterocycles. The molecule has 1 fully saturated rings. The standard InChI is InChI=1S/C14H18FN3O3/c15-10-5-6-11(13(7-10)18(20)21)14(19)17-12(8-16)9-3-1-2-4-9/h5-7,9,12H,1-4,8,16H2,(H,17,19). The van der Waals surface area contributed by atoms with Gasteiger partial charge in [-0.25, -0.2) is 4.39 Å². The first kappa shape index (κ1) is 15.4. The molecule has 0 heterocycles. The maximum absolute atomic E-state index is 13.1. The van der Waals surface area contributed by atoms with Crippen LogP contribution in [0.3, 0.4) is 0 Å². The van der Waals surface area contributed by atoms with Crippen molar-refractivity contribution >= 4 is 11.6 Å². The fourth-order valence-electron chi connectivity index (χ4n) is 2.82. The minimum atomic E-state index is -0.759. The average Bonchev–Trinajstić information content (AvgIpc) is 2.98. The van der Waals surface area contributed by atoms with Crippen molar-refractivity contribution in [3.05, 3.63) is 39.7 Å². The molecule has 1 aromatic rings. The van der Waals surface area contributed by atoms with E-state index in [2.05, 4.69) is 5.32 Å². The Bertz CT molecular complexity index is 544. The van der Waals surface area contributed by atoms with Gasteiger partial charge in [-0.05, 0) is 30.9 Å². The number of carbonyl (C=O) groups excluding carboxylic acids is 1. The van der Waals surface area contributed by atoms with E-state index in [1.54, 1.807) is 0 Å². The van der Waals surface area contributed by atoms with Gasteiger partial charge in [-0.2, -0.15) is 0 Å². The second kappa shape index (κ2) is 6.62. The van der Waals surface area contributed by atoms with Crippen LogP contribution in [0.2, 0.25) is 0 Å². The number of halogens is 1. The third-order valence-electron chi connectivity index (χ3n) is 3.94. The van der Waals surface area contributed by atoms with Gasteiger partial charge in [0, 0.05) is 12.6 Å². The highest BCUT2D eigenvalue weighted by atomic mass is 19.1. The van der Waals surface area contributed by atoms with Crippen LogP contribution >= 0.6 is 0 Å². The Morgan fingerprint density at radius 1 is 1.48 bits per heavy atom. The van der Waals surface area contributed by atoms with Crippen LogP contribution in [-0.2, 0) is 0 Å². The first-order valence-corrected chi connectivity index (χ1v) is 6.97. The van der Waals surface area contributed by atoms with Gasteiger partial charge in [-0.1, -0.05) is 12.8 Å². The molecule has 0 aromatic heterocycles. The number of hydrogen-bond acceptors (Lipinski definition) is 4. The highest BCUT2D eigenvalue weighted by Gasteiger charge is 2.28. The lowest BCUT2D eigenvalue weighted by Gasteiger charge is -2.23. The lowest BCUT2D eigenvalue weighted by atomic mass is 9.97. The summed E-state index contributed by atoms with van der Waals surface area (Å²) in [5, 5.41) is 13.7. The second-order valence-corrected chi connectivity index (χ2v) is 5.28. The van der Waals surface area contributed by atoms with Crippen molar-refractivity contribution in [2.45, 2.75) is 31.7 Å². The summed E-state index contributed by atoms with van der Waals surface area (Å²) >= 11 is 0. The smallest absolute Gasteiger partial charge is 0.285 e. The van der Waals surface area contributed by atoms with E-state index in [4.69, 9.17) is 5.73 Å². The van der Waals surface area contributed by atoms with Gasteiger partial charge < -0.3 is 11.1 Å². The summed E-state index contributed by atoms with van der Waals surface area (Å²) in [6.45, 7) is 0.283. The van der Waals surface area contributed by atoms with Crippen molar-refractivity contribution in [2.75, 3.05) is 6.54 Å². The fraction of sp³-hybridized carbons (Fsp3) is 0.500. The van der Waals surface area contributed by atoms with Crippen LogP contribution in [0.15, 0.2) is 18.2 Å². The molecule has 2 rings (SSSR count). The van der Waals surface area contributed by atoms with Crippen LogP contribution in [0.4, 0.5) is 10.1 Å². The predicted octanol–water partition coefficient (Wildman–Crippen LogP) is 1.98. The molecule has 0 bridgehead atoms. The van der Waals surface area contributed by atoms with Gasteiger partial charge in [0.25, 0.3) is 11.6 Å². The molecule has 6 nitrogen and oxygen atoms in total. The van der Waals surface area contributed by atoms with Gasteiger partial charge in [0.2, 0.25) is 0 Å². The summed E-state index contributed by atoms with van der Waals surface area (Å²) in [6, 6.07) is 2.71. The SMILES string of the molecule is NCC(NC(=O)c1ccc(F)cc1[N+](=O)[O-])C1CCCC1. The fourth-order valence-corrected chi connectivity index (χ4v) is 2.82. The topological polar surface area (TPSA) is 98.3 Å². The third kappa shape index (κ3) is 3.55. The number of nitrogens with zero attached hydrogens (tertiary/aromatic N) is 1. The highest BCUT2D eigenvalue weighted by molar-refractivity contribution is 5.98. The quantitative estimate of drug-likeness (QED) is 0.641. The van der Waals surface area contributed by atoms with Gasteiger partial charge in [-0.3, -0.25) is 14.9 Å². The summed E-state index contributed by atoms with van der Waals surface area (Å²) in [4.78, 5) is 22.4. The van der Waals surface area contributed by atoms with Crippen molar-refractivity contribution in [3.63, 3.8) is 0 Å². The summed E-state index contributed by atoms with van der Waals surface area (Å²) in [5.41, 5.74) is 5.02. The molecule has 1 saturated carbocycles. The summed E-state index contributed by atoms with van der Waals surface area (Å²) in [6.07, 6.45) is 4.20. The van der Waals surface area contributed by atoms with E-state index in [9.17, 15) is 19.3 Å². The molecule has 0 radical (unpaired) electrons. The van der Waals surface area contributed by atoms with Crippen molar-refractivity contribution in [2.24, 2.45) is 11.7 Å². The maximum Gasteiger partial charge on any atom is 0.285 e. The Labute approximate surface area is 121 Å². The molecule has 7 heteroatoms. The number of benzene rings is 1. The van der Waals surface area contributed by atoms with E-state index >= 15 is 0 Å². The average molecular weight is 295 g/mol. The van der Waals surface area contributed by atoms with Gasteiger partial charge in [0.1, 0.15) is 11.4 Å². The number of rotatable bonds is 5. The zero-order valence-electron chi connectivity index (χ0n) is 11.5. The van der Waals surface area contributed by atoms with Crippen LogP contribution in [0, 0.1) is 21.8 Å². The Hall–Kier alpha value is -2.02. The molecule has 0 spiro atoms. The van der Waals surface area contributed by atoms with Gasteiger partial charge in [-0.15, -0.1) is 0 Å². The zero-order chi connectivity index (χ0) is 15.4. The normalized spacial score (nSPS) is 16.7. The van der Waals surface area contributed by atoms with Gasteiger partial charge >= 0.3 is 0 Å². The lowest BCUT2D eigenvalue weighted by molar-refractivity contribution is -0.385. The number of carbonyl (C=O) groups is 1. The summed E-state index contributed by atoms with van der Waals surface area (Å²) < 4.78 is 13.1. The Morgan fingerprint density at radius 3 is 2.71 bits per heavy atom. The first-order chi connectivity index (χ1) is 10.0. The van der Waals surface area contributed by atoms with E-state index < -0.39 is 22.3 Å². The molecule has 1 aliphatic rings. The Balaban J connectivity index is 2.17. The van der Waals surface area contributed by atoms with Crippen molar-refractivity contribution in [3.8, 4) is 0 Å². The molecule has 0 aliphatic heterocycles.